The second-order valence-electron chi connectivity index (χ2n) is 5.01. The molecule has 0 saturated heterocycles. The van der Waals surface area contributed by atoms with Gasteiger partial charge in [0.15, 0.2) is 0 Å². The summed E-state index contributed by atoms with van der Waals surface area (Å²) in [6.07, 6.45) is 3.66. The predicted octanol–water partition coefficient (Wildman–Crippen LogP) is 4.31. The van der Waals surface area contributed by atoms with Crippen molar-refractivity contribution in [3.8, 4) is 5.75 Å². The zero-order valence-electron chi connectivity index (χ0n) is 13.4. The summed E-state index contributed by atoms with van der Waals surface area (Å²) < 4.78 is 5.23. The molecule has 1 heterocycles. The van der Waals surface area contributed by atoms with Crippen molar-refractivity contribution < 1.29 is 9.53 Å². The predicted molar refractivity (Wildman–Crippen MR) is 97.0 cm³/mol. The van der Waals surface area contributed by atoms with Crippen LogP contribution < -0.4 is 10.1 Å². The molecule has 1 aliphatic rings. The second-order valence-corrected chi connectivity index (χ2v) is 6.66. The van der Waals surface area contributed by atoms with E-state index in [-0.39, 0.29) is 5.91 Å². The Labute approximate surface area is 145 Å². The lowest BCUT2D eigenvalue weighted by molar-refractivity contribution is -0.112. The minimum atomic E-state index is -0.237. The van der Waals surface area contributed by atoms with E-state index in [9.17, 15) is 4.79 Å². The number of halogens is 1. The Bertz CT molecular complexity index is 646. The molecule has 2 rings (SSSR count). The van der Waals surface area contributed by atoms with Crippen LogP contribution in [0, 0.1) is 0 Å². The Hall–Kier alpha value is -1.66. The van der Waals surface area contributed by atoms with Gasteiger partial charge < -0.3 is 10.1 Å². The molecule has 7 heteroatoms. The van der Waals surface area contributed by atoms with Gasteiger partial charge in [0.1, 0.15) is 10.8 Å². The summed E-state index contributed by atoms with van der Waals surface area (Å²) in [5.74, 6) is 0.329. The molecule has 0 aliphatic carbocycles. The van der Waals surface area contributed by atoms with Gasteiger partial charge in [-0.1, -0.05) is 36.7 Å². The number of amides is 1. The average molecular weight is 354 g/mol. The quantitative estimate of drug-likeness (QED) is 0.774. The number of unbranched alkanes of at least 4 members (excludes halogenated alkanes) is 1. The van der Waals surface area contributed by atoms with E-state index in [1.165, 1.54) is 11.8 Å². The molecule has 1 aliphatic heterocycles. The lowest BCUT2D eigenvalue weighted by Gasteiger charge is -2.15. The fourth-order valence-electron chi connectivity index (χ4n) is 2.07. The first-order valence-corrected chi connectivity index (χ1v) is 8.59. The molecule has 0 spiro atoms. The molecule has 0 unspecified atom stereocenters. The number of anilines is 1. The highest BCUT2D eigenvalue weighted by atomic mass is 35.5. The van der Waals surface area contributed by atoms with Crippen LogP contribution in [0.25, 0.3) is 0 Å². The fraction of sp³-hybridized carbons (Fsp3) is 0.375. The minimum absolute atomic E-state index is 0.237. The van der Waals surface area contributed by atoms with Gasteiger partial charge in [0, 0.05) is 17.6 Å². The van der Waals surface area contributed by atoms with Gasteiger partial charge in [0.05, 0.1) is 17.8 Å². The van der Waals surface area contributed by atoms with Crippen molar-refractivity contribution in [2.24, 2.45) is 5.10 Å². The minimum Gasteiger partial charge on any atom is -0.495 e. The Morgan fingerprint density at radius 1 is 1.52 bits per heavy atom. The van der Waals surface area contributed by atoms with E-state index in [4.69, 9.17) is 16.3 Å². The fourth-order valence-corrected chi connectivity index (χ4v) is 3.09. The molecular weight excluding hydrogens is 334 g/mol. The number of benzene rings is 1. The van der Waals surface area contributed by atoms with Crippen LogP contribution in [0.3, 0.4) is 0 Å². The summed E-state index contributed by atoms with van der Waals surface area (Å²) >= 11 is 7.47. The molecular formula is C16H20ClN3O2S. The number of methoxy groups -OCH3 is 1. The molecule has 1 amide bonds. The summed E-state index contributed by atoms with van der Waals surface area (Å²) in [5, 5.41) is 11.4. The third-order valence-corrected chi connectivity index (χ3v) is 4.32. The Kier molecular flexibility index (Phi) is 6.36. The lowest BCUT2D eigenvalue weighted by atomic mass is 10.3. The van der Waals surface area contributed by atoms with Crippen molar-refractivity contribution in [3.63, 3.8) is 0 Å². The average Bonchev–Trinajstić information content (AvgIpc) is 2.84. The summed E-state index contributed by atoms with van der Waals surface area (Å²) in [6.45, 7) is 4.87. The Morgan fingerprint density at radius 3 is 3.00 bits per heavy atom. The molecule has 0 aromatic heterocycles. The van der Waals surface area contributed by atoms with Crippen LogP contribution in [0.15, 0.2) is 34.4 Å². The topological polar surface area (TPSA) is 53.9 Å². The van der Waals surface area contributed by atoms with E-state index in [0.29, 0.717) is 16.5 Å². The third-order valence-electron chi connectivity index (χ3n) is 3.17. The van der Waals surface area contributed by atoms with E-state index in [1.807, 2.05) is 11.9 Å². The van der Waals surface area contributed by atoms with Crippen LogP contribution in [0.4, 0.5) is 5.69 Å². The summed E-state index contributed by atoms with van der Waals surface area (Å²) in [6, 6.07) is 5.09. The number of ether oxygens (including phenoxy) is 1. The molecule has 0 bridgehead atoms. The zero-order valence-corrected chi connectivity index (χ0v) is 15.0. The summed E-state index contributed by atoms with van der Waals surface area (Å²) in [4.78, 5) is 12.3. The maximum Gasteiger partial charge on any atom is 0.251 e. The number of nitrogens with one attached hydrogen (secondary N) is 1. The van der Waals surface area contributed by atoms with Crippen molar-refractivity contribution in [1.29, 1.82) is 0 Å². The molecule has 0 atom stereocenters. The Morgan fingerprint density at radius 2 is 2.30 bits per heavy atom. The van der Waals surface area contributed by atoms with Crippen molar-refractivity contribution in [3.05, 3.63) is 34.3 Å². The first-order valence-electron chi connectivity index (χ1n) is 7.40. The van der Waals surface area contributed by atoms with Crippen molar-refractivity contribution in [2.45, 2.75) is 26.7 Å². The molecule has 124 valence electrons. The number of rotatable bonds is 6. The smallest absolute Gasteiger partial charge is 0.251 e. The highest BCUT2D eigenvalue weighted by Crippen LogP contribution is 2.31. The van der Waals surface area contributed by atoms with Gasteiger partial charge in [0.25, 0.3) is 5.91 Å². The van der Waals surface area contributed by atoms with Crippen LogP contribution >= 0.6 is 23.4 Å². The first-order chi connectivity index (χ1) is 11.0. The van der Waals surface area contributed by atoms with Gasteiger partial charge >= 0.3 is 0 Å². The van der Waals surface area contributed by atoms with Crippen LogP contribution in [0.5, 0.6) is 5.75 Å². The molecule has 5 nitrogen and oxygen atoms in total. The van der Waals surface area contributed by atoms with Crippen molar-refractivity contribution in [1.82, 2.24) is 5.01 Å². The number of hydrazone groups is 1. The SMILES string of the molecule is CCCCN1N=C(C)SC1=CC(=O)Nc1cc(Cl)ccc1OC. The standard InChI is InChI=1S/C16H20ClN3O2S/c1-4-5-8-20-16(23-11(2)19-20)10-15(21)18-13-9-12(17)6-7-14(13)22-3/h6-7,9-10H,4-5,8H2,1-3H3,(H,18,21). The first kappa shape index (κ1) is 17.7. The molecule has 0 radical (unpaired) electrons. The largest absolute Gasteiger partial charge is 0.495 e. The Balaban J connectivity index is 2.10. The van der Waals surface area contributed by atoms with E-state index in [0.717, 1.165) is 29.5 Å². The summed E-state index contributed by atoms with van der Waals surface area (Å²) in [5.41, 5.74) is 0.544. The number of carbonyl (C=O) groups is 1. The molecule has 1 N–H and O–H groups in total. The number of nitrogens with zero attached hydrogens (tertiary/aromatic N) is 2. The zero-order chi connectivity index (χ0) is 16.8. The molecule has 0 saturated carbocycles. The van der Waals surface area contributed by atoms with Gasteiger partial charge in [-0.15, -0.1) is 0 Å². The van der Waals surface area contributed by atoms with Gasteiger partial charge in [-0.2, -0.15) is 5.10 Å². The second kappa shape index (κ2) is 8.26. The van der Waals surface area contributed by atoms with Crippen molar-refractivity contribution in [2.75, 3.05) is 19.0 Å². The maximum absolute atomic E-state index is 12.3. The van der Waals surface area contributed by atoms with Gasteiger partial charge in [-0.3, -0.25) is 9.80 Å². The van der Waals surface area contributed by atoms with Crippen LogP contribution in [0.2, 0.25) is 5.02 Å². The monoisotopic (exact) mass is 353 g/mol. The van der Waals surface area contributed by atoms with Gasteiger partial charge in [0.2, 0.25) is 0 Å². The van der Waals surface area contributed by atoms with Gasteiger partial charge in [-0.05, 0) is 31.5 Å². The number of thioether (sulfide) groups is 1. The van der Waals surface area contributed by atoms with E-state index < -0.39 is 0 Å². The van der Waals surface area contributed by atoms with Crippen molar-refractivity contribution >= 4 is 40.0 Å². The van der Waals surface area contributed by atoms with E-state index in [1.54, 1.807) is 31.4 Å². The molecule has 23 heavy (non-hydrogen) atoms. The molecule has 1 aromatic carbocycles. The maximum atomic E-state index is 12.3. The van der Waals surface area contributed by atoms with Crippen LogP contribution in [0.1, 0.15) is 26.7 Å². The normalized spacial score (nSPS) is 15.7. The number of hydrogen-bond acceptors (Lipinski definition) is 5. The number of carbonyl (C=O) groups excluding carboxylic acids is 1. The lowest BCUT2D eigenvalue weighted by Crippen LogP contribution is -2.16. The van der Waals surface area contributed by atoms with Gasteiger partial charge in [-0.25, -0.2) is 0 Å². The molecule has 1 aromatic rings. The molecule has 0 fully saturated rings. The van der Waals surface area contributed by atoms with E-state index >= 15 is 0 Å². The summed E-state index contributed by atoms with van der Waals surface area (Å²) in [7, 11) is 1.55. The van der Waals surface area contributed by atoms with E-state index in [2.05, 4.69) is 17.3 Å². The highest BCUT2D eigenvalue weighted by molar-refractivity contribution is 8.17. The third kappa shape index (κ3) is 4.91. The highest BCUT2D eigenvalue weighted by Gasteiger charge is 2.19. The van der Waals surface area contributed by atoms with Crippen LogP contribution in [-0.4, -0.2) is 29.6 Å². The number of hydrogen-bond donors (Lipinski definition) is 1. The van der Waals surface area contributed by atoms with Crippen LogP contribution in [-0.2, 0) is 4.79 Å².